The van der Waals surface area contributed by atoms with Crippen molar-refractivity contribution in [3.63, 3.8) is 0 Å². The van der Waals surface area contributed by atoms with E-state index in [-0.39, 0.29) is 11.3 Å². The number of rotatable bonds is 2. The monoisotopic (exact) mass is 278 g/mol. The predicted octanol–water partition coefficient (Wildman–Crippen LogP) is 3.40. The largest absolute Gasteiger partial charge is 0.501 e. The van der Waals surface area contributed by atoms with Crippen molar-refractivity contribution >= 4 is 0 Å². The van der Waals surface area contributed by atoms with Crippen LogP contribution in [-0.4, -0.2) is 24.4 Å². The number of hydrogen-bond acceptors (Lipinski definition) is 3. The van der Waals surface area contributed by atoms with Crippen molar-refractivity contribution in [2.45, 2.75) is 52.1 Å². The summed E-state index contributed by atoms with van der Waals surface area (Å²) in [4.78, 5) is 0. The smallest absolute Gasteiger partial charge is 0.132 e. The van der Waals surface area contributed by atoms with Crippen LogP contribution < -0.4 is 0 Å². The summed E-state index contributed by atoms with van der Waals surface area (Å²) < 4.78 is 11.5. The Bertz CT molecular complexity index is 475. The van der Waals surface area contributed by atoms with E-state index < -0.39 is 5.60 Å². The first kappa shape index (κ1) is 14.0. The summed E-state index contributed by atoms with van der Waals surface area (Å²) in [5, 5.41) is 11.3. The number of hydrogen-bond donors (Lipinski definition) is 1. The Morgan fingerprint density at radius 1 is 1.30 bits per heavy atom. The zero-order valence-corrected chi connectivity index (χ0v) is 13.0. The maximum Gasteiger partial charge on any atom is 0.132 e. The summed E-state index contributed by atoms with van der Waals surface area (Å²) in [5.41, 5.74) is 0.666. The van der Waals surface area contributed by atoms with Gasteiger partial charge in [-0.3, -0.25) is 0 Å². The molecule has 0 radical (unpaired) electrons. The van der Waals surface area contributed by atoms with Crippen molar-refractivity contribution in [3.8, 4) is 0 Å². The highest BCUT2D eigenvalue weighted by Gasteiger charge is 2.59. The van der Waals surface area contributed by atoms with E-state index in [2.05, 4.69) is 26.8 Å². The molecule has 1 heterocycles. The Morgan fingerprint density at radius 3 is 2.65 bits per heavy atom. The molecule has 2 bridgehead atoms. The third-order valence-corrected chi connectivity index (χ3v) is 5.58. The number of aliphatic hydroxyl groups is 1. The number of ether oxygens (including phenoxy) is 2. The first-order chi connectivity index (χ1) is 9.40. The minimum Gasteiger partial charge on any atom is -0.501 e. The molecule has 3 aliphatic carbocycles. The minimum absolute atomic E-state index is 0.0249. The number of allylic oxidation sites excluding steroid dienone is 2. The van der Waals surface area contributed by atoms with Crippen LogP contribution in [0.5, 0.6) is 0 Å². The maximum atomic E-state index is 11.3. The van der Waals surface area contributed by atoms with Crippen LogP contribution in [0.25, 0.3) is 0 Å². The number of fused-ring (bicyclic) bond motifs is 2. The Kier molecular flexibility index (Phi) is 3.16. The van der Waals surface area contributed by atoms with E-state index in [1.165, 1.54) is 5.57 Å². The van der Waals surface area contributed by atoms with Crippen LogP contribution in [0.4, 0.5) is 0 Å². The van der Waals surface area contributed by atoms with Gasteiger partial charge in [-0.05, 0) is 55.6 Å². The van der Waals surface area contributed by atoms with Gasteiger partial charge in [-0.25, -0.2) is 0 Å². The molecule has 0 amide bonds. The second-order valence-electron chi connectivity index (χ2n) is 7.24. The molecular weight excluding hydrogens is 252 g/mol. The summed E-state index contributed by atoms with van der Waals surface area (Å²) in [5.74, 6) is 2.16. The summed E-state index contributed by atoms with van der Waals surface area (Å²) in [6.07, 6.45) is 5.85. The fourth-order valence-electron chi connectivity index (χ4n) is 4.50. The molecule has 1 saturated carbocycles. The maximum absolute atomic E-state index is 11.3. The summed E-state index contributed by atoms with van der Waals surface area (Å²) in [6.45, 7) is 7.49. The van der Waals surface area contributed by atoms with Crippen LogP contribution in [-0.2, 0) is 9.47 Å². The summed E-state index contributed by atoms with van der Waals surface area (Å²) in [6, 6.07) is 0. The lowest BCUT2D eigenvalue weighted by Crippen LogP contribution is -2.56. The van der Waals surface area contributed by atoms with Gasteiger partial charge in [-0.2, -0.15) is 0 Å². The Balaban J connectivity index is 2.04. The van der Waals surface area contributed by atoms with Crippen LogP contribution in [0.1, 0.15) is 46.5 Å². The second-order valence-corrected chi connectivity index (χ2v) is 7.24. The van der Waals surface area contributed by atoms with Crippen molar-refractivity contribution in [1.29, 1.82) is 0 Å². The van der Waals surface area contributed by atoms with Crippen molar-refractivity contribution in [2.75, 3.05) is 13.7 Å². The molecule has 3 nitrogen and oxygen atoms in total. The average Bonchev–Trinajstić information content (AvgIpc) is 2.42. The average molecular weight is 278 g/mol. The molecule has 0 unspecified atom stereocenters. The molecule has 112 valence electrons. The molecule has 3 atom stereocenters. The third kappa shape index (κ3) is 1.82. The van der Waals surface area contributed by atoms with E-state index in [0.717, 1.165) is 43.8 Å². The van der Waals surface area contributed by atoms with E-state index in [9.17, 15) is 5.11 Å². The minimum atomic E-state index is -0.870. The van der Waals surface area contributed by atoms with Gasteiger partial charge >= 0.3 is 0 Å². The van der Waals surface area contributed by atoms with Crippen LogP contribution in [0, 0.1) is 17.3 Å². The summed E-state index contributed by atoms with van der Waals surface area (Å²) >= 11 is 0. The molecule has 4 aliphatic rings. The van der Waals surface area contributed by atoms with Crippen molar-refractivity contribution in [1.82, 2.24) is 0 Å². The normalized spacial score (nSPS) is 39.4. The van der Waals surface area contributed by atoms with Gasteiger partial charge in [0.25, 0.3) is 0 Å². The standard InChI is InChI=1S/C17H26O3/c1-11-12-10-17(18,14-7-5-6-8-20-14)13(15(11)19-4)9-16(12,2)3/h7,12-13,18H,5-6,8-10H2,1-4H3/t12-,13+,17-/m1/s1. The van der Waals surface area contributed by atoms with E-state index in [0.29, 0.717) is 5.92 Å². The first-order valence-electron chi connectivity index (χ1n) is 7.70. The first-order valence-corrected chi connectivity index (χ1v) is 7.70. The topological polar surface area (TPSA) is 38.7 Å². The fourth-order valence-corrected chi connectivity index (χ4v) is 4.50. The van der Waals surface area contributed by atoms with E-state index in [4.69, 9.17) is 9.47 Å². The quantitative estimate of drug-likeness (QED) is 0.841. The predicted molar refractivity (Wildman–Crippen MR) is 77.9 cm³/mol. The van der Waals surface area contributed by atoms with Gasteiger partial charge in [0, 0.05) is 0 Å². The van der Waals surface area contributed by atoms with E-state index in [1.54, 1.807) is 7.11 Å². The third-order valence-electron chi connectivity index (χ3n) is 5.58. The van der Waals surface area contributed by atoms with Gasteiger partial charge in [-0.15, -0.1) is 0 Å². The molecule has 1 fully saturated rings. The lowest BCUT2D eigenvalue weighted by atomic mass is 9.52. The van der Waals surface area contributed by atoms with Gasteiger partial charge < -0.3 is 14.6 Å². The van der Waals surface area contributed by atoms with Crippen molar-refractivity contribution in [2.24, 2.45) is 17.3 Å². The molecule has 0 spiro atoms. The highest BCUT2D eigenvalue weighted by atomic mass is 16.5. The molecule has 1 aliphatic heterocycles. The van der Waals surface area contributed by atoms with Crippen LogP contribution in [0.2, 0.25) is 0 Å². The molecule has 0 aromatic carbocycles. The highest BCUT2D eigenvalue weighted by Crippen LogP contribution is 2.60. The molecule has 0 aromatic rings. The molecule has 0 saturated heterocycles. The van der Waals surface area contributed by atoms with E-state index in [1.807, 2.05) is 0 Å². The second kappa shape index (κ2) is 4.52. The Hall–Kier alpha value is -0.960. The van der Waals surface area contributed by atoms with E-state index >= 15 is 0 Å². The number of methoxy groups -OCH3 is 1. The lowest BCUT2D eigenvalue weighted by Gasteiger charge is -2.56. The zero-order chi connectivity index (χ0) is 14.5. The van der Waals surface area contributed by atoms with Crippen LogP contribution in [0.3, 0.4) is 0 Å². The van der Waals surface area contributed by atoms with Gasteiger partial charge in [-0.1, -0.05) is 13.8 Å². The highest BCUT2D eigenvalue weighted by molar-refractivity contribution is 5.34. The molecular formula is C17H26O3. The van der Waals surface area contributed by atoms with Gasteiger partial charge in [0.2, 0.25) is 0 Å². The molecule has 1 N–H and O–H groups in total. The zero-order valence-electron chi connectivity index (χ0n) is 13.0. The van der Waals surface area contributed by atoms with Crippen LogP contribution >= 0.6 is 0 Å². The van der Waals surface area contributed by atoms with Crippen LogP contribution in [0.15, 0.2) is 23.2 Å². The Morgan fingerprint density at radius 2 is 2.05 bits per heavy atom. The van der Waals surface area contributed by atoms with Gasteiger partial charge in [0.05, 0.1) is 19.6 Å². The van der Waals surface area contributed by atoms with Gasteiger partial charge in [0.15, 0.2) is 0 Å². The molecule has 0 aromatic heterocycles. The molecule has 4 rings (SSSR count). The SMILES string of the molecule is COC1=C(C)[C@H]2C[C@](O)(C3=CCCCO3)[C@H]1CC2(C)C. The summed E-state index contributed by atoms with van der Waals surface area (Å²) in [7, 11) is 1.73. The Labute approximate surface area is 121 Å². The van der Waals surface area contributed by atoms with Gasteiger partial charge in [0.1, 0.15) is 17.1 Å². The molecule has 3 heteroatoms. The molecule has 20 heavy (non-hydrogen) atoms. The van der Waals surface area contributed by atoms with Crippen molar-refractivity contribution in [3.05, 3.63) is 23.2 Å². The fraction of sp³-hybridized carbons (Fsp3) is 0.765. The lowest BCUT2D eigenvalue weighted by molar-refractivity contribution is -0.120. The van der Waals surface area contributed by atoms with Crippen molar-refractivity contribution < 1.29 is 14.6 Å².